The molecule has 0 radical (unpaired) electrons. The lowest BCUT2D eigenvalue weighted by atomic mass is 10.1. The maximum absolute atomic E-state index is 12.3. The third-order valence-corrected chi connectivity index (χ3v) is 4.88. The number of aromatic nitrogens is 5. The van der Waals surface area contributed by atoms with Crippen molar-refractivity contribution in [2.75, 3.05) is 26.2 Å². The molecule has 28 heavy (non-hydrogen) atoms. The summed E-state index contributed by atoms with van der Waals surface area (Å²) in [5, 5.41) is 8.11. The van der Waals surface area contributed by atoms with Crippen LogP contribution in [0.1, 0.15) is 17.9 Å². The summed E-state index contributed by atoms with van der Waals surface area (Å²) in [4.78, 5) is 24.9. The second-order valence-electron chi connectivity index (χ2n) is 6.94. The van der Waals surface area contributed by atoms with Crippen LogP contribution < -0.4 is 0 Å². The third kappa shape index (κ3) is 4.42. The van der Waals surface area contributed by atoms with Crippen molar-refractivity contribution in [3.63, 3.8) is 0 Å². The molecule has 1 fully saturated rings. The predicted octanol–water partition coefficient (Wildman–Crippen LogP) is 1.37. The normalized spacial score (nSPS) is 15.1. The summed E-state index contributed by atoms with van der Waals surface area (Å²) in [6.45, 7) is 6.19. The Labute approximate surface area is 163 Å². The Morgan fingerprint density at radius 2 is 1.93 bits per heavy atom. The Hall–Kier alpha value is -3.07. The Balaban J connectivity index is 1.25. The van der Waals surface area contributed by atoms with E-state index in [9.17, 15) is 4.79 Å². The molecule has 1 aliphatic heterocycles. The van der Waals surface area contributed by atoms with Gasteiger partial charge in [-0.1, -0.05) is 35.0 Å². The van der Waals surface area contributed by atoms with E-state index in [0.29, 0.717) is 44.3 Å². The van der Waals surface area contributed by atoms with E-state index in [-0.39, 0.29) is 5.91 Å². The fourth-order valence-electron chi connectivity index (χ4n) is 3.20. The number of carbonyl (C=O) groups excluding carboxylic acids is 1. The van der Waals surface area contributed by atoms with Crippen LogP contribution in [0.15, 0.2) is 41.4 Å². The molecule has 0 bridgehead atoms. The van der Waals surface area contributed by atoms with Crippen molar-refractivity contribution in [2.24, 2.45) is 0 Å². The predicted molar refractivity (Wildman–Crippen MR) is 101 cm³/mol. The van der Waals surface area contributed by atoms with Crippen molar-refractivity contribution in [2.45, 2.75) is 26.4 Å². The van der Waals surface area contributed by atoms with E-state index in [1.807, 2.05) is 36.1 Å². The third-order valence-electron chi connectivity index (χ3n) is 4.88. The van der Waals surface area contributed by atoms with Crippen molar-refractivity contribution < 1.29 is 9.32 Å². The fourth-order valence-corrected chi connectivity index (χ4v) is 3.20. The number of benzene rings is 1. The summed E-state index contributed by atoms with van der Waals surface area (Å²) in [7, 11) is 0. The van der Waals surface area contributed by atoms with Crippen molar-refractivity contribution in [1.29, 1.82) is 0 Å². The van der Waals surface area contributed by atoms with Gasteiger partial charge in [-0.3, -0.25) is 14.4 Å². The van der Waals surface area contributed by atoms with Crippen molar-refractivity contribution in [3.8, 4) is 11.4 Å². The van der Waals surface area contributed by atoms with Gasteiger partial charge in [0, 0.05) is 38.2 Å². The zero-order chi connectivity index (χ0) is 19.3. The number of amides is 1. The highest BCUT2D eigenvalue weighted by molar-refractivity contribution is 5.76. The summed E-state index contributed by atoms with van der Waals surface area (Å²) < 4.78 is 7.08. The highest BCUT2D eigenvalue weighted by Crippen LogP contribution is 2.17. The molecule has 1 saturated heterocycles. The van der Waals surface area contributed by atoms with Gasteiger partial charge in [0.25, 0.3) is 0 Å². The zero-order valence-corrected chi connectivity index (χ0v) is 15.9. The molecule has 9 heteroatoms. The number of piperazine rings is 1. The van der Waals surface area contributed by atoms with Crippen molar-refractivity contribution in [1.82, 2.24) is 34.7 Å². The van der Waals surface area contributed by atoms with E-state index in [4.69, 9.17) is 4.52 Å². The summed E-state index contributed by atoms with van der Waals surface area (Å²) in [5.41, 5.74) is 2.14. The Kier molecular flexibility index (Phi) is 5.43. The minimum absolute atomic E-state index is 0.148. The van der Waals surface area contributed by atoms with Gasteiger partial charge >= 0.3 is 0 Å². The zero-order valence-electron chi connectivity index (χ0n) is 15.9. The van der Waals surface area contributed by atoms with E-state index in [2.05, 4.69) is 25.1 Å². The first-order valence-electron chi connectivity index (χ1n) is 9.39. The van der Waals surface area contributed by atoms with Gasteiger partial charge in [0.05, 0.1) is 13.1 Å². The van der Waals surface area contributed by atoms with Gasteiger partial charge in [0.2, 0.25) is 17.6 Å². The van der Waals surface area contributed by atoms with E-state index in [1.165, 1.54) is 11.9 Å². The molecule has 1 amide bonds. The first kappa shape index (κ1) is 18.3. The van der Waals surface area contributed by atoms with E-state index in [1.54, 1.807) is 11.0 Å². The highest BCUT2D eigenvalue weighted by Gasteiger charge is 2.22. The number of nitrogens with zero attached hydrogens (tertiary/aromatic N) is 7. The van der Waals surface area contributed by atoms with Crippen LogP contribution in [0.2, 0.25) is 0 Å². The molecule has 0 unspecified atom stereocenters. The summed E-state index contributed by atoms with van der Waals surface area (Å²) >= 11 is 0. The molecule has 2 aromatic heterocycles. The molecule has 4 rings (SSSR count). The lowest BCUT2D eigenvalue weighted by Gasteiger charge is -2.34. The largest absolute Gasteiger partial charge is 0.340 e. The molecule has 1 aromatic carbocycles. The summed E-state index contributed by atoms with van der Waals surface area (Å²) in [6.07, 6.45) is 3.54. The number of carbonyl (C=O) groups is 1. The van der Waals surface area contributed by atoms with E-state index < -0.39 is 0 Å². The standard InChI is InChI=1S/C19H23N7O2/c1-15-2-4-16(5-3-15)19-22-17(28-23-19)12-24-8-10-25(11-9-24)18(27)6-7-26-14-20-13-21-26/h2-5,13-14H,6-12H2,1H3. The molecule has 0 saturated carbocycles. The first-order valence-corrected chi connectivity index (χ1v) is 9.39. The molecule has 146 valence electrons. The lowest BCUT2D eigenvalue weighted by molar-refractivity contribution is -0.133. The minimum atomic E-state index is 0.148. The first-order chi connectivity index (χ1) is 13.7. The SMILES string of the molecule is Cc1ccc(-c2noc(CN3CCN(C(=O)CCn4cncn4)CC3)n2)cc1. The van der Waals surface area contributed by atoms with Crippen LogP contribution in [-0.4, -0.2) is 66.8 Å². The average molecular weight is 381 g/mol. The Morgan fingerprint density at radius 1 is 1.14 bits per heavy atom. The van der Waals surface area contributed by atoms with Gasteiger partial charge in [-0.25, -0.2) is 4.98 Å². The molecule has 9 nitrogen and oxygen atoms in total. The maximum atomic E-state index is 12.3. The average Bonchev–Trinajstić information content (AvgIpc) is 3.39. The highest BCUT2D eigenvalue weighted by atomic mass is 16.5. The number of rotatable bonds is 6. The van der Waals surface area contributed by atoms with Gasteiger partial charge in [-0.2, -0.15) is 10.1 Å². The molecular weight excluding hydrogens is 358 g/mol. The molecule has 3 heterocycles. The topological polar surface area (TPSA) is 93.2 Å². The lowest BCUT2D eigenvalue weighted by Crippen LogP contribution is -2.48. The second-order valence-corrected chi connectivity index (χ2v) is 6.94. The number of aryl methyl sites for hydroxylation is 2. The van der Waals surface area contributed by atoms with Gasteiger partial charge in [-0.15, -0.1) is 0 Å². The second kappa shape index (κ2) is 8.30. The van der Waals surface area contributed by atoms with Crippen LogP contribution in [0.3, 0.4) is 0 Å². The fraction of sp³-hybridized carbons (Fsp3) is 0.421. The van der Waals surface area contributed by atoms with E-state index >= 15 is 0 Å². The Morgan fingerprint density at radius 3 is 2.64 bits per heavy atom. The molecule has 0 atom stereocenters. The molecule has 0 aliphatic carbocycles. The van der Waals surface area contributed by atoms with Crippen LogP contribution in [0, 0.1) is 6.92 Å². The molecule has 1 aliphatic rings. The van der Waals surface area contributed by atoms with Crippen molar-refractivity contribution >= 4 is 5.91 Å². The van der Waals surface area contributed by atoms with Gasteiger partial charge in [0.15, 0.2) is 0 Å². The van der Waals surface area contributed by atoms with Crippen LogP contribution in [0.25, 0.3) is 11.4 Å². The minimum Gasteiger partial charge on any atom is -0.340 e. The van der Waals surface area contributed by atoms with Crippen LogP contribution in [0.5, 0.6) is 0 Å². The number of hydrogen-bond acceptors (Lipinski definition) is 7. The molecule has 0 N–H and O–H groups in total. The smallest absolute Gasteiger partial charge is 0.241 e. The molecule has 0 spiro atoms. The van der Waals surface area contributed by atoms with E-state index in [0.717, 1.165) is 18.7 Å². The maximum Gasteiger partial charge on any atom is 0.241 e. The van der Waals surface area contributed by atoms with Crippen molar-refractivity contribution in [3.05, 3.63) is 48.4 Å². The summed E-state index contributed by atoms with van der Waals surface area (Å²) in [6, 6.07) is 8.05. The van der Waals surface area contributed by atoms with Gasteiger partial charge in [0.1, 0.15) is 12.7 Å². The Bertz CT molecular complexity index is 897. The van der Waals surface area contributed by atoms with Gasteiger partial charge in [-0.05, 0) is 6.92 Å². The van der Waals surface area contributed by atoms with Crippen LogP contribution in [-0.2, 0) is 17.9 Å². The summed E-state index contributed by atoms with van der Waals surface area (Å²) in [5.74, 6) is 1.35. The molecule has 3 aromatic rings. The van der Waals surface area contributed by atoms with Crippen LogP contribution in [0.4, 0.5) is 0 Å². The monoisotopic (exact) mass is 381 g/mol. The van der Waals surface area contributed by atoms with Crippen LogP contribution >= 0.6 is 0 Å². The quantitative estimate of drug-likeness (QED) is 0.637. The van der Waals surface area contributed by atoms with Gasteiger partial charge < -0.3 is 9.42 Å². The number of hydrogen-bond donors (Lipinski definition) is 0. The molecular formula is C19H23N7O2.